The second-order valence-electron chi connectivity index (χ2n) is 5.92. The zero-order valence-corrected chi connectivity index (χ0v) is 13.3. The molecule has 2 aromatic rings. The van der Waals surface area contributed by atoms with Gasteiger partial charge in [-0.25, -0.2) is 9.97 Å². The molecule has 8 heteroatoms. The number of benzene rings is 1. The monoisotopic (exact) mass is 350 g/mol. The van der Waals surface area contributed by atoms with E-state index in [0.29, 0.717) is 0 Å². The average molecular weight is 350 g/mol. The number of amides is 1. The van der Waals surface area contributed by atoms with Crippen LogP contribution >= 0.6 is 0 Å². The Hall–Kier alpha value is -2.64. The van der Waals surface area contributed by atoms with Gasteiger partial charge in [0.25, 0.3) is 5.91 Å². The molecule has 25 heavy (non-hydrogen) atoms. The lowest BCUT2D eigenvalue weighted by molar-refractivity contribution is -0.137. The van der Waals surface area contributed by atoms with E-state index >= 15 is 0 Å². The first-order chi connectivity index (χ1) is 11.9. The molecule has 1 aromatic heterocycles. The first kappa shape index (κ1) is 17.2. The molecule has 1 fully saturated rings. The Bertz CT molecular complexity index is 758. The largest absolute Gasteiger partial charge is 0.416 e. The summed E-state index contributed by atoms with van der Waals surface area (Å²) in [5.74, 6) is -0.236. The van der Waals surface area contributed by atoms with Crippen LogP contribution in [0.25, 0.3) is 0 Å². The predicted molar refractivity (Wildman–Crippen MR) is 86.5 cm³/mol. The second kappa shape index (κ2) is 7.08. The molecule has 0 radical (unpaired) electrons. The molecule has 2 N–H and O–H groups in total. The number of nitrogens with zero attached hydrogens (tertiary/aromatic N) is 2. The first-order valence-corrected chi connectivity index (χ1v) is 8.00. The summed E-state index contributed by atoms with van der Waals surface area (Å²) in [4.78, 5) is 20.3. The smallest absolute Gasteiger partial charge is 0.348 e. The van der Waals surface area contributed by atoms with E-state index in [1.807, 2.05) is 0 Å². The summed E-state index contributed by atoms with van der Waals surface area (Å²) >= 11 is 0. The van der Waals surface area contributed by atoms with Gasteiger partial charge < -0.3 is 10.6 Å². The molecule has 1 amide bonds. The summed E-state index contributed by atoms with van der Waals surface area (Å²) in [5, 5.41) is 5.61. The van der Waals surface area contributed by atoms with Gasteiger partial charge in [0.05, 0.1) is 5.56 Å². The Morgan fingerprint density at radius 2 is 1.92 bits per heavy atom. The van der Waals surface area contributed by atoms with Crippen molar-refractivity contribution in [1.29, 1.82) is 0 Å². The van der Waals surface area contributed by atoms with Crippen LogP contribution in [0.5, 0.6) is 0 Å². The molecule has 0 spiro atoms. The van der Waals surface area contributed by atoms with Crippen LogP contribution in [-0.4, -0.2) is 21.9 Å². The predicted octanol–water partition coefficient (Wildman–Crippen LogP) is 3.91. The molecule has 0 bridgehead atoms. The number of halogens is 3. The number of hydrogen-bond acceptors (Lipinski definition) is 4. The van der Waals surface area contributed by atoms with Crippen LogP contribution < -0.4 is 10.6 Å². The van der Waals surface area contributed by atoms with Gasteiger partial charge in [-0.3, -0.25) is 4.79 Å². The molecule has 3 rings (SSSR count). The number of carbonyl (C=O) groups excluding carboxylic acids is 1. The van der Waals surface area contributed by atoms with Crippen LogP contribution in [0.2, 0.25) is 0 Å². The van der Waals surface area contributed by atoms with Gasteiger partial charge in [0.15, 0.2) is 0 Å². The van der Waals surface area contributed by atoms with E-state index < -0.39 is 11.7 Å². The van der Waals surface area contributed by atoms with E-state index in [9.17, 15) is 18.0 Å². The zero-order chi connectivity index (χ0) is 17.9. The lowest BCUT2D eigenvalue weighted by atomic mass is 10.2. The van der Waals surface area contributed by atoms with Crippen LogP contribution in [0.15, 0.2) is 36.5 Å². The fraction of sp³-hybridized carbons (Fsp3) is 0.353. The highest BCUT2D eigenvalue weighted by molar-refractivity contribution is 5.92. The molecule has 1 aliphatic rings. The van der Waals surface area contributed by atoms with Crippen LogP contribution in [0.1, 0.15) is 41.7 Å². The molecule has 0 unspecified atom stereocenters. The highest BCUT2D eigenvalue weighted by Gasteiger charge is 2.30. The number of aromatic nitrogens is 2. The Morgan fingerprint density at radius 3 is 2.64 bits per heavy atom. The van der Waals surface area contributed by atoms with Crippen molar-refractivity contribution < 1.29 is 18.0 Å². The number of rotatable bonds is 4. The summed E-state index contributed by atoms with van der Waals surface area (Å²) in [6.45, 7) is 0. The van der Waals surface area contributed by atoms with Crippen molar-refractivity contribution in [3.8, 4) is 0 Å². The van der Waals surface area contributed by atoms with Crippen LogP contribution in [0.3, 0.4) is 0 Å². The lowest BCUT2D eigenvalue weighted by Gasteiger charge is -2.12. The number of anilines is 2. The maximum atomic E-state index is 12.8. The van der Waals surface area contributed by atoms with E-state index in [1.54, 1.807) is 0 Å². The molecular weight excluding hydrogens is 333 g/mol. The van der Waals surface area contributed by atoms with E-state index in [2.05, 4.69) is 20.6 Å². The van der Waals surface area contributed by atoms with Crippen molar-refractivity contribution >= 4 is 17.5 Å². The summed E-state index contributed by atoms with van der Waals surface area (Å²) in [6.07, 6.45) is 1.06. The highest BCUT2D eigenvalue weighted by Crippen LogP contribution is 2.31. The van der Waals surface area contributed by atoms with Crippen molar-refractivity contribution in [3.05, 3.63) is 47.8 Å². The van der Waals surface area contributed by atoms with Crippen LogP contribution in [0.4, 0.5) is 24.8 Å². The van der Waals surface area contributed by atoms with Crippen molar-refractivity contribution in [3.63, 3.8) is 0 Å². The van der Waals surface area contributed by atoms with Crippen molar-refractivity contribution in [1.82, 2.24) is 15.3 Å². The van der Waals surface area contributed by atoms with Gasteiger partial charge in [-0.1, -0.05) is 18.9 Å². The molecular formula is C17H17F3N4O. The molecule has 0 saturated heterocycles. The summed E-state index contributed by atoms with van der Waals surface area (Å²) in [5.41, 5.74) is -0.396. The summed E-state index contributed by atoms with van der Waals surface area (Å²) in [6, 6.07) is 6.35. The lowest BCUT2D eigenvalue weighted by Crippen LogP contribution is -2.33. The normalized spacial score (nSPS) is 15.2. The van der Waals surface area contributed by atoms with Gasteiger partial charge in [-0.05, 0) is 37.1 Å². The Labute approximate surface area is 142 Å². The minimum atomic E-state index is -4.43. The van der Waals surface area contributed by atoms with Gasteiger partial charge in [0.1, 0.15) is 5.69 Å². The maximum absolute atomic E-state index is 12.8. The minimum absolute atomic E-state index is 0.0680. The van der Waals surface area contributed by atoms with Gasteiger partial charge in [0.2, 0.25) is 5.95 Å². The average Bonchev–Trinajstić information content (AvgIpc) is 3.07. The van der Waals surface area contributed by atoms with Crippen LogP contribution in [0, 0.1) is 0 Å². The first-order valence-electron chi connectivity index (χ1n) is 8.00. The van der Waals surface area contributed by atoms with Gasteiger partial charge in [0, 0.05) is 17.9 Å². The molecule has 1 aromatic carbocycles. The number of hydrogen-bond donors (Lipinski definition) is 2. The second-order valence-corrected chi connectivity index (χ2v) is 5.92. The van der Waals surface area contributed by atoms with E-state index in [4.69, 9.17) is 0 Å². The fourth-order valence-electron chi connectivity index (χ4n) is 2.78. The number of nitrogens with one attached hydrogen (secondary N) is 2. The van der Waals surface area contributed by atoms with E-state index in [-0.39, 0.29) is 29.3 Å². The van der Waals surface area contributed by atoms with Crippen LogP contribution in [-0.2, 0) is 6.18 Å². The topological polar surface area (TPSA) is 66.9 Å². The molecule has 1 aliphatic carbocycles. The SMILES string of the molecule is O=C(NC1CCCC1)c1ccnc(Nc2cccc(C(F)(F)F)c2)n1. The third-order valence-electron chi connectivity index (χ3n) is 4.02. The van der Waals surface area contributed by atoms with Crippen molar-refractivity contribution in [2.24, 2.45) is 0 Å². The van der Waals surface area contributed by atoms with Gasteiger partial charge in [-0.15, -0.1) is 0 Å². The van der Waals surface area contributed by atoms with Crippen molar-refractivity contribution in [2.75, 3.05) is 5.32 Å². The quantitative estimate of drug-likeness (QED) is 0.877. The third kappa shape index (κ3) is 4.46. The third-order valence-corrected chi connectivity index (χ3v) is 4.02. The molecule has 132 valence electrons. The summed E-state index contributed by atoms with van der Waals surface area (Å²) in [7, 11) is 0. The highest BCUT2D eigenvalue weighted by atomic mass is 19.4. The molecule has 1 saturated carbocycles. The molecule has 0 aliphatic heterocycles. The fourth-order valence-corrected chi connectivity index (χ4v) is 2.78. The maximum Gasteiger partial charge on any atom is 0.416 e. The minimum Gasteiger partial charge on any atom is -0.348 e. The Balaban J connectivity index is 1.72. The Morgan fingerprint density at radius 1 is 1.16 bits per heavy atom. The van der Waals surface area contributed by atoms with Crippen molar-refractivity contribution in [2.45, 2.75) is 37.9 Å². The molecule has 1 heterocycles. The molecule has 5 nitrogen and oxygen atoms in total. The van der Waals surface area contributed by atoms with Gasteiger partial charge in [-0.2, -0.15) is 13.2 Å². The Kier molecular flexibility index (Phi) is 4.87. The van der Waals surface area contributed by atoms with E-state index in [1.165, 1.54) is 24.4 Å². The zero-order valence-electron chi connectivity index (χ0n) is 13.3. The number of alkyl halides is 3. The standard InChI is InChI=1S/C17H17F3N4O/c18-17(19,20)11-4-3-7-13(10-11)23-16-21-9-8-14(24-16)15(25)22-12-5-1-2-6-12/h3-4,7-10,12H,1-2,5-6H2,(H,22,25)(H,21,23,24). The summed E-state index contributed by atoms with van der Waals surface area (Å²) < 4.78 is 38.3. The van der Waals surface area contributed by atoms with Gasteiger partial charge >= 0.3 is 6.18 Å². The molecule has 0 atom stereocenters. The van der Waals surface area contributed by atoms with E-state index in [0.717, 1.165) is 37.8 Å². The number of carbonyl (C=O) groups is 1.